The summed E-state index contributed by atoms with van der Waals surface area (Å²) in [6.07, 6.45) is 4.15. The summed E-state index contributed by atoms with van der Waals surface area (Å²) in [5.74, 6) is 0.220. The Hall–Kier alpha value is -1.07. The standard InChI is InChI=1S/C9H13BN2O2/c11-6-14-10-2-1-9-7(4-10)3-8(13)5-12-9/h3,5,13H,1-2,4,6,11H2. The minimum atomic E-state index is 0.177. The predicted octanol–water partition coefficient (Wildman–Crippen LogP) is 0.349. The molecule has 0 unspecified atom stereocenters. The lowest BCUT2D eigenvalue weighted by Crippen LogP contribution is -2.29. The average Bonchev–Trinajstić information content (AvgIpc) is 2.17. The first-order valence-corrected chi connectivity index (χ1v) is 4.78. The maximum atomic E-state index is 9.28. The topological polar surface area (TPSA) is 68.4 Å². The Labute approximate surface area is 83.2 Å². The van der Waals surface area contributed by atoms with Gasteiger partial charge >= 0.3 is 0 Å². The fourth-order valence-electron chi connectivity index (χ4n) is 1.85. The number of fused-ring (bicyclic) bond motifs is 1. The normalized spacial score (nSPS) is 15.4. The number of nitrogens with zero attached hydrogens (tertiary/aromatic N) is 1. The summed E-state index contributed by atoms with van der Waals surface area (Å²) in [7, 11) is 0. The maximum absolute atomic E-state index is 9.28. The van der Waals surface area contributed by atoms with Gasteiger partial charge in [-0.1, -0.05) is 0 Å². The summed E-state index contributed by atoms with van der Waals surface area (Å²) in [4.78, 5) is 4.18. The molecule has 3 N–H and O–H groups in total. The van der Waals surface area contributed by atoms with Crippen LogP contribution in [0.15, 0.2) is 12.3 Å². The van der Waals surface area contributed by atoms with Crippen LogP contribution < -0.4 is 5.73 Å². The van der Waals surface area contributed by atoms with Crippen LogP contribution in [0, 0.1) is 0 Å². The van der Waals surface area contributed by atoms with E-state index in [9.17, 15) is 5.11 Å². The Bertz CT molecular complexity index is 333. The van der Waals surface area contributed by atoms with Crippen LogP contribution in [0.5, 0.6) is 5.75 Å². The van der Waals surface area contributed by atoms with Crippen molar-refractivity contribution in [3.8, 4) is 5.75 Å². The zero-order valence-electron chi connectivity index (χ0n) is 7.94. The van der Waals surface area contributed by atoms with Crippen LogP contribution in [0.25, 0.3) is 0 Å². The van der Waals surface area contributed by atoms with Gasteiger partial charge in [-0.25, -0.2) is 0 Å². The van der Waals surface area contributed by atoms with E-state index in [1.54, 1.807) is 6.07 Å². The van der Waals surface area contributed by atoms with Crippen molar-refractivity contribution >= 4 is 6.92 Å². The zero-order valence-corrected chi connectivity index (χ0v) is 7.94. The van der Waals surface area contributed by atoms with Gasteiger partial charge in [0.1, 0.15) is 5.75 Å². The monoisotopic (exact) mass is 192 g/mol. The highest BCUT2D eigenvalue weighted by molar-refractivity contribution is 6.51. The fraction of sp³-hybridized carbons (Fsp3) is 0.444. The first-order chi connectivity index (χ1) is 6.79. The van der Waals surface area contributed by atoms with E-state index in [0.717, 1.165) is 30.3 Å². The third-order valence-corrected chi connectivity index (χ3v) is 2.53. The second-order valence-electron chi connectivity index (χ2n) is 3.50. The Kier molecular flexibility index (Phi) is 2.70. The molecule has 0 spiro atoms. The molecule has 0 radical (unpaired) electrons. The van der Waals surface area contributed by atoms with Crippen molar-refractivity contribution in [1.82, 2.24) is 4.98 Å². The number of hydrogen-bond donors (Lipinski definition) is 2. The molecule has 0 saturated heterocycles. The van der Waals surface area contributed by atoms with E-state index >= 15 is 0 Å². The summed E-state index contributed by atoms with van der Waals surface area (Å²) >= 11 is 0. The van der Waals surface area contributed by atoms with Gasteiger partial charge in [0, 0.05) is 5.69 Å². The highest BCUT2D eigenvalue weighted by Crippen LogP contribution is 2.22. The molecular weight excluding hydrogens is 179 g/mol. The van der Waals surface area contributed by atoms with E-state index in [0.29, 0.717) is 0 Å². The molecule has 0 fully saturated rings. The molecule has 0 bridgehead atoms. The van der Waals surface area contributed by atoms with E-state index in [2.05, 4.69) is 4.98 Å². The summed E-state index contributed by atoms with van der Waals surface area (Å²) in [5, 5.41) is 9.28. The third-order valence-electron chi connectivity index (χ3n) is 2.53. The molecule has 0 aliphatic carbocycles. The van der Waals surface area contributed by atoms with Crippen molar-refractivity contribution in [1.29, 1.82) is 0 Å². The van der Waals surface area contributed by atoms with Crippen molar-refractivity contribution in [2.24, 2.45) is 5.73 Å². The lowest BCUT2D eigenvalue weighted by molar-refractivity contribution is 0.328. The van der Waals surface area contributed by atoms with Gasteiger partial charge in [-0.2, -0.15) is 0 Å². The van der Waals surface area contributed by atoms with Crippen LogP contribution >= 0.6 is 0 Å². The molecule has 1 aliphatic rings. The largest absolute Gasteiger partial charge is 0.506 e. The van der Waals surface area contributed by atoms with Gasteiger partial charge in [0.2, 0.25) is 0 Å². The van der Waals surface area contributed by atoms with Crippen LogP contribution in [0.1, 0.15) is 11.3 Å². The van der Waals surface area contributed by atoms with Crippen LogP contribution in [0.3, 0.4) is 0 Å². The van der Waals surface area contributed by atoms with Crippen LogP contribution in [-0.4, -0.2) is 23.7 Å². The predicted molar refractivity (Wildman–Crippen MR) is 54.0 cm³/mol. The Morgan fingerprint density at radius 1 is 1.64 bits per heavy atom. The molecule has 1 aromatic rings. The number of pyridine rings is 1. The zero-order chi connectivity index (χ0) is 9.97. The smallest absolute Gasteiger partial charge is 0.299 e. The third kappa shape index (κ3) is 1.88. The Morgan fingerprint density at radius 2 is 2.50 bits per heavy atom. The molecular formula is C9H13BN2O2. The second kappa shape index (κ2) is 3.98. The summed E-state index contributed by atoms with van der Waals surface area (Å²) in [5.41, 5.74) is 7.47. The number of hydrogen-bond acceptors (Lipinski definition) is 4. The molecule has 2 rings (SSSR count). The van der Waals surface area contributed by atoms with E-state index in [4.69, 9.17) is 10.4 Å². The van der Waals surface area contributed by atoms with Gasteiger partial charge in [-0.15, -0.1) is 0 Å². The molecule has 0 saturated carbocycles. The number of aryl methyl sites for hydroxylation is 1. The van der Waals surface area contributed by atoms with Crippen molar-refractivity contribution in [2.45, 2.75) is 19.1 Å². The lowest BCUT2D eigenvalue weighted by Gasteiger charge is -2.20. The SMILES string of the molecule is NCOB1CCc2ncc(O)cc2C1. The van der Waals surface area contributed by atoms with Crippen molar-refractivity contribution in [3.63, 3.8) is 0 Å². The molecule has 1 aromatic heterocycles. The molecule has 74 valence electrons. The van der Waals surface area contributed by atoms with Crippen LogP contribution in [-0.2, 0) is 17.4 Å². The molecule has 14 heavy (non-hydrogen) atoms. The summed E-state index contributed by atoms with van der Waals surface area (Å²) in [6, 6.07) is 1.76. The quantitative estimate of drug-likeness (QED) is 0.524. The summed E-state index contributed by atoms with van der Waals surface area (Å²) < 4.78 is 5.35. The molecule has 5 heteroatoms. The van der Waals surface area contributed by atoms with Gasteiger partial charge in [0.05, 0.1) is 12.9 Å². The van der Waals surface area contributed by atoms with Crippen molar-refractivity contribution in [2.75, 3.05) is 6.73 Å². The highest BCUT2D eigenvalue weighted by atomic mass is 16.4. The number of nitrogens with two attached hydrogens (primary N) is 1. The molecule has 0 atom stereocenters. The molecule has 2 heterocycles. The van der Waals surface area contributed by atoms with E-state index < -0.39 is 0 Å². The Balaban J connectivity index is 2.16. The average molecular weight is 192 g/mol. The van der Waals surface area contributed by atoms with Crippen LogP contribution in [0.4, 0.5) is 0 Å². The molecule has 0 aromatic carbocycles. The maximum Gasteiger partial charge on any atom is 0.299 e. The van der Waals surface area contributed by atoms with Gasteiger partial charge in [-0.3, -0.25) is 4.98 Å². The molecule has 1 aliphatic heterocycles. The first kappa shape index (κ1) is 9.49. The van der Waals surface area contributed by atoms with E-state index in [1.807, 2.05) is 0 Å². The minimum absolute atomic E-state index is 0.177. The molecule has 4 nitrogen and oxygen atoms in total. The fourth-order valence-corrected chi connectivity index (χ4v) is 1.85. The van der Waals surface area contributed by atoms with E-state index in [1.165, 1.54) is 6.20 Å². The Morgan fingerprint density at radius 3 is 3.29 bits per heavy atom. The number of rotatable bonds is 2. The molecule has 0 amide bonds. The van der Waals surface area contributed by atoms with Gasteiger partial charge < -0.3 is 15.5 Å². The second-order valence-corrected chi connectivity index (χ2v) is 3.50. The van der Waals surface area contributed by atoms with Gasteiger partial charge in [-0.05, 0) is 30.7 Å². The number of aromatic hydroxyl groups is 1. The van der Waals surface area contributed by atoms with Crippen molar-refractivity contribution < 1.29 is 9.76 Å². The summed E-state index contributed by atoms with van der Waals surface area (Å²) in [6.45, 7) is 0.433. The number of aromatic nitrogens is 1. The van der Waals surface area contributed by atoms with Crippen LogP contribution in [0.2, 0.25) is 6.32 Å². The lowest BCUT2D eigenvalue weighted by atomic mass is 9.55. The first-order valence-electron chi connectivity index (χ1n) is 4.78. The van der Waals surface area contributed by atoms with E-state index in [-0.39, 0.29) is 19.4 Å². The highest BCUT2D eigenvalue weighted by Gasteiger charge is 2.24. The minimum Gasteiger partial charge on any atom is -0.506 e. The van der Waals surface area contributed by atoms with Gasteiger partial charge in [0.15, 0.2) is 0 Å². The van der Waals surface area contributed by atoms with Crippen molar-refractivity contribution in [3.05, 3.63) is 23.5 Å². The van der Waals surface area contributed by atoms with Gasteiger partial charge in [0.25, 0.3) is 6.92 Å².